The lowest BCUT2D eigenvalue weighted by Crippen LogP contribution is -2.08. The number of hydrogen-bond donors (Lipinski definition) is 0. The van der Waals surface area contributed by atoms with Crippen molar-refractivity contribution in [1.29, 1.82) is 0 Å². The van der Waals surface area contributed by atoms with Gasteiger partial charge in [0.2, 0.25) is 0 Å². The van der Waals surface area contributed by atoms with Crippen LogP contribution in [0, 0.1) is 6.92 Å². The molecule has 0 saturated carbocycles. The molecule has 0 amide bonds. The van der Waals surface area contributed by atoms with Crippen molar-refractivity contribution in [3.05, 3.63) is 52.3 Å². The molecule has 1 heterocycles. The van der Waals surface area contributed by atoms with Gasteiger partial charge < -0.3 is 0 Å². The van der Waals surface area contributed by atoms with Crippen molar-refractivity contribution in [3.63, 3.8) is 0 Å². The summed E-state index contributed by atoms with van der Waals surface area (Å²) in [7, 11) is 2.00. The normalized spacial score (nSPS) is 12.7. The maximum absolute atomic E-state index is 5.92. The van der Waals surface area contributed by atoms with E-state index in [0.29, 0.717) is 5.92 Å². The second-order valence-electron chi connectivity index (χ2n) is 4.51. The number of benzene rings is 1. The van der Waals surface area contributed by atoms with Crippen molar-refractivity contribution in [2.45, 2.75) is 19.3 Å². The third kappa shape index (κ3) is 3.15. The van der Waals surface area contributed by atoms with Gasteiger partial charge in [0.25, 0.3) is 0 Å². The zero-order valence-corrected chi connectivity index (χ0v) is 12.9. The molecule has 0 radical (unpaired) electrons. The fraction of sp³-hybridized carbons (Fsp3) is 0.357. The van der Waals surface area contributed by atoms with Gasteiger partial charge in [0, 0.05) is 23.1 Å². The zero-order chi connectivity index (χ0) is 13.1. The van der Waals surface area contributed by atoms with E-state index in [1.807, 2.05) is 30.8 Å². The minimum atomic E-state index is 0.442. The molecule has 0 bridgehead atoms. The number of aryl methyl sites for hydroxylation is 2. The van der Waals surface area contributed by atoms with E-state index in [9.17, 15) is 0 Å². The summed E-state index contributed by atoms with van der Waals surface area (Å²) in [6.07, 6.45) is 0.976. The van der Waals surface area contributed by atoms with Gasteiger partial charge in [-0.2, -0.15) is 5.10 Å². The maximum atomic E-state index is 5.92. The van der Waals surface area contributed by atoms with Crippen LogP contribution in [0.25, 0.3) is 0 Å². The number of alkyl halides is 1. The first-order valence-corrected chi connectivity index (χ1v) is 7.41. The Labute approximate surface area is 121 Å². The molecule has 0 saturated heterocycles. The van der Waals surface area contributed by atoms with Gasteiger partial charge in [-0.05, 0) is 43.0 Å². The van der Waals surface area contributed by atoms with Crippen molar-refractivity contribution in [3.8, 4) is 0 Å². The fourth-order valence-corrected chi connectivity index (χ4v) is 2.83. The summed E-state index contributed by atoms with van der Waals surface area (Å²) in [4.78, 5) is 0. The number of nitrogens with zero attached hydrogens (tertiary/aromatic N) is 2. The lowest BCUT2D eigenvalue weighted by molar-refractivity contribution is 0.660. The molecule has 1 atom stereocenters. The lowest BCUT2D eigenvalue weighted by Gasteiger charge is -2.14. The standard InChI is InChI=1S/C14H16BrClN2/c1-10-7-14(18(2)17-10)8-12(9-15)11-3-5-13(16)6-4-11/h3-7,12H,8-9H2,1-2H3. The van der Waals surface area contributed by atoms with Crippen LogP contribution < -0.4 is 0 Å². The lowest BCUT2D eigenvalue weighted by atomic mass is 9.96. The number of aromatic nitrogens is 2. The monoisotopic (exact) mass is 326 g/mol. The predicted octanol–water partition coefficient (Wildman–Crippen LogP) is 4.10. The highest BCUT2D eigenvalue weighted by Gasteiger charge is 2.13. The number of halogens is 2. The summed E-state index contributed by atoms with van der Waals surface area (Å²) in [5.74, 6) is 0.442. The minimum Gasteiger partial charge on any atom is -0.272 e. The molecule has 2 aromatic rings. The first-order valence-electron chi connectivity index (χ1n) is 5.91. The fourth-order valence-electron chi connectivity index (χ4n) is 2.10. The van der Waals surface area contributed by atoms with Crippen molar-refractivity contribution in [2.75, 3.05) is 5.33 Å². The van der Waals surface area contributed by atoms with Crippen molar-refractivity contribution < 1.29 is 0 Å². The number of hydrogen-bond acceptors (Lipinski definition) is 1. The van der Waals surface area contributed by atoms with E-state index in [-0.39, 0.29) is 0 Å². The highest BCUT2D eigenvalue weighted by atomic mass is 79.9. The van der Waals surface area contributed by atoms with Gasteiger partial charge in [0.1, 0.15) is 0 Å². The van der Waals surface area contributed by atoms with Crippen LogP contribution in [0.5, 0.6) is 0 Å². The molecule has 4 heteroatoms. The van der Waals surface area contributed by atoms with E-state index in [2.05, 4.69) is 39.2 Å². The Morgan fingerprint density at radius 3 is 2.50 bits per heavy atom. The van der Waals surface area contributed by atoms with Crippen molar-refractivity contribution >= 4 is 27.5 Å². The van der Waals surface area contributed by atoms with Crippen LogP contribution >= 0.6 is 27.5 Å². The molecule has 1 aromatic heterocycles. The molecule has 0 N–H and O–H groups in total. The molecule has 96 valence electrons. The zero-order valence-electron chi connectivity index (χ0n) is 10.5. The van der Waals surface area contributed by atoms with Crippen LogP contribution in [0.1, 0.15) is 22.9 Å². The molecule has 0 aliphatic carbocycles. The van der Waals surface area contributed by atoms with Crippen LogP contribution in [0.15, 0.2) is 30.3 Å². The van der Waals surface area contributed by atoms with E-state index in [1.165, 1.54) is 11.3 Å². The molecular weight excluding hydrogens is 312 g/mol. The predicted molar refractivity (Wildman–Crippen MR) is 79.6 cm³/mol. The Balaban J connectivity index is 2.19. The molecule has 1 unspecified atom stereocenters. The third-order valence-electron chi connectivity index (χ3n) is 3.08. The second kappa shape index (κ2) is 5.89. The van der Waals surface area contributed by atoms with Gasteiger partial charge in [-0.25, -0.2) is 0 Å². The second-order valence-corrected chi connectivity index (χ2v) is 5.59. The Morgan fingerprint density at radius 2 is 2.00 bits per heavy atom. The highest BCUT2D eigenvalue weighted by molar-refractivity contribution is 9.09. The molecule has 18 heavy (non-hydrogen) atoms. The van der Waals surface area contributed by atoms with E-state index in [1.54, 1.807) is 0 Å². The Bertz CT molecular complexity index is 519. The molecule has 1 aromatic carbocycles. The average molecular weight is 328 g/mol. The average Bonchev–Trinajstić information content (AvgIpc) is 2.66. The summed E-state index contributed by atoms with van der Waals surface area (Å²) in [5, 5.41) is 6.10. The summed E-state index contributed by atoms with van der Waals surface area (Å²) in [5.41, 5.74) is 3.62. The molecule has 2 nitrogen and oxygen atoms in total. The summed E-state index contributed by atoms with van der Waals surface area (Å²) >= 11 is 9.52. The maximum Gasteiger partial charge on any atom is 0.0596 e. The minimum absolute atomic E-state index is 0.442. The van der Waals surface area contributed by atoms with Crippen LogP contribution in [-0.2, 0) is 13.5 Å². The molecule has 0 fully saturated rings. The van der Waals surface area contributed by atoms with Gasteiger partial charge in [-0.3, -0.25) is 4.68 Å². The Morgan fingerprint density at radius 1 is 1.33 bits per heavy atom. The van der Waals surface area contributed by atoms with Crippen LogP contribution in [0.4, 0.5) is 0 Å². The van der Waals surface area contributed by atoms with E-state index in [0.717, 1.165) is 22.5 Å². The van der Waals surface area contributed by atoms with E-state index >= 15 is 0 Å². The first kappa shape index (κ1) is 13.6. The number of rotatable bonds is 4. The van der Waals surface area contributed by atoms with Gasteiger partial charge in [-0.1, -0.05) is 39.7 Å². The molecule has 0 aliphatic rings. The van der Waals surface area contributed by atoms with Crippen molar-refractivity contribution in [1.82, 2.24) is 9.78 Å². The summed E-state index contributed by atoms with van der Waals surface area (Å²) < 4.78 is 1.96. The third-order valence-corrected chi connectivity index (χ3v) is 4.12. The van der Waals surface area contributed by atoms with Crippen LogP contribution in [0.3, 0.4) is 0 Å². The topological polar surface area (TPSA) is 17.8 Å². The van der Waals surface area contributed by atoms with E-state index < -0.39 is 0 Å². The van der Waals surface area contributed by atoms with Gasteiger partial charge >= 0.3 is 0 Å². The van der Waals surface area contributed by atoms with Gasteiger partial charge in [-0.15, -0.1) is 0 Å². The highest BCUT2D eigenvalue weighted by Crippen LogP contribution is 2.24. The smallest absolute Gasteiger partial charge is 0.0596 e. The van der Waals surface area contributed by atoms with Crippen LogP contribution in [0.2, 0.25) is 5.02 Å². The molecule has 2 rings (SSSR count). The Hall–Kier alpha value is -0.800. The molecule has 0 aliphatic heterocycles. The van der Waals surface area contributed by atoms with Gasteiger partial charge in [0.15, 0.2) is 0 Å². The van der Waals surface area contributed by atoms with E-state index in [4.69, 9.17) is 11.6 Å². The quantitative estimate of drug-likeness (QED) is 0.773. The molecular formula is C14H16BrClN2. The van der Waals surface area contributed by atoms with Gasteiger partial charge in [0.05, 0.1) is 5.69 Å². The SMILES string of the molecule is Cc1cc(CC(CBr)c2ccc(Cl)cc2)n(C)n1. The van der Waals surface area contributed by atoms with Crippen molar-refractivity contribution in [2.24, 2.45) is 7.05 Å². The summed E-state index contributed by atoms with van der Waals surface area (Å²) in [6.45, 7) is 2.02. The molecule has 0 spiro atoms. The largest absolute Gasteiger partial charge is 0.272 e. The summed E-state index contributed by atoms with van der Waals surface area (Å²) in [6, 6.07) is 10.2. The van der Waals surface area contributed by atoms with Crippen LogP contribution in [-0.4, -0.2) is 15.1 Å². The Kier molecular flexibility index (Phi) is 4.46. The first-order chi connectivity index (χ1) is 8.60.